The highest BCUT2D eigenvalue weighted by Gasteiger charge is 2.28. The lowest BCUT2D eigenvalue weighted by atomic mass is 9.72. The number of fused-ring (bicyclic) bond motifs is 1. The molecule has 0 unspecified atom stereocenters. The van der Waals surface area contributed by atoms with E-state index in [0.29, 0.717) is 0 Å². The summed E-state index contributed by atoms with van der Waals surface area (Å²) in [5, 5.41) is 0. The first kappa shape index (κ1) is 13.6. The maximum Gasteiger partial charge on any atom is 0.0178 e. The molecule has 20 heavy (non-hydrogen) atoms. The summed E-state index contributed by atoms with van der Waals surface area (Å²) in [7, 11) is 0. The zero-order valence-electron chi connectivity index (χ0n) is 12.2. The Bertz CT molecular complexity index is 675. The van der Waals surface area contributed by atoms with E-state index >= 15 is 0 Å². The number of hydrogen-bond acceptors (Lipinski definition) is 0. The van der Waals surface area contributed by atoms with E-state index < -0.39 is 0 Å². The fourth-order valence-electron chi connectivity index (χ4n) is 2.89. The van der Waals surface area contributed by atoms with Gasteiger partial charge in [-0.1, -0.05) is 71.7 Å². The van der Waals surface area contributed by atoms with E-state index in [-0.39, 0.29) is 5.41 Å². The van der Waals surface area contributed by atoms with Gasteiger partial charge < -0.3 is 0 Å². The lowest BCUT2D eigenvalue weighted by molar-refractivity contribution is 0.527. The quantitative estimate of drug-likeness (QED) is 0.614. The average molecular weight is 327 g/mol. The van der Waals surface area contributed by atoms with Crippen LogP contribution < -0.4 is 0 Å². The molecular weight excluding hydrogens is 308 g/mol. The SMILES string of the molecule is Cc1ccc(C2=CCC(C)(C)c3cc(Br)ccc32)cc1. The van der Waals surface area contributed by atoms with Gasteiger partial charge in [-0.15, -0.1) is 0 Å². The Morgan fingerprint density at radius 2 is 1.70 bits per heavy atom. The molecule has 0 aromatic heterocycles. The van der Waals surface area contributed by atoms with Crippen LogP contribution in [0.2, 0.25) is 0 Å². The maximum atomic E-state index is 3.61. The Hall–Kier alpha value is -1.34. The van der Waals surface area contributed by atoms with Crippen LogP contribution in [0.4, 0.5) is 0 Å². The van der Waals surface area contributed by atoms with Crippen molar-refractivity contribution in [2.24, 2.45) is 0 Å². The molecule has 0 fully saturated rings. The molecule has 102 valence electrons. The van der Waals surface area contributed by atoms with E-state index in [9.17, 15) is 0 Å². The third-order valence-electron chi connectivity index (χ3n) is 4.18. The van der Waals surface area contributed by atoms with E-state index in [4.69, 9.17) is 0 Å². The van der Waals surface area contributed by atoms with Gasteiger partial charge in [0.05, 0.1) is 0 Å². The second kappa shape index (κ2) is 4.89. The summed E-state index contributed by atoms with van der Waals surface area (Å²) >= 11 is 3.61. The van der Waals surface area contributed by atoms with Crippen LogP contribution in [0, 0.1) is 6.92 Å². The van der Waals surface area contributed by atoms with E-state index in [1.54, 1.807) is 0 Å². The highest BCUT2D eigenvalue weighted by molar-refractivity contribution is 9.10. The summed E-state index contributed by atoms with van der Waals surface area (Å²) in [5.41, 5.74) is 6.99. The van der Waals surface area contributed by atoms with Crippen molar-refractivity contribution in [3.8, 4) is 0 Å². The maximum absolute atomic E-state index is 3.61. The number of allylic oxidation sites excluding steroid dienone is 1. The predicted molar refractivity (Wildman–Crippen MR) is 90.0 cm³/mol. The third-order valence-corrected chi connectivity index (χ3v) is 4.67. The number of hydrogen-bond donors (Lipinski definition) is 0. The molecule has 3 rings (SSSR count). The van der Waals surface area contributed by atoms with E-state index in [2.05, 4.69) is 85.2 Å². The van der Waals surface area contributed by atoms with Gasteiger partial charge in [-0.3, -0.25) is 0 Å². The van der Waals surface area contributed by atoms with Crippen LogP contribution >= 0.6 is 15.9 Å². The number of rotatable bonds is 1. The molecule has 0 amide bonds. The molecule has 1 heteroatoms. The molecule has 0 radical (unpaired) electrons. The molecule has 0 spiro atoms. The summed E-state index contributed by atoms with van der Waals surface area (Å²) in [6.07, 6.45) is 3.47. The lowest BCUT2D eigenvalue weighted by Gasteiger charge is -2.32. The minimum Gasteiger partial charge on any atom is -0.0752 e. The average Bonchev–Trinajstić information content (AvgIpc) is 2.41. The molecule has 2 aromatic rings. The summed E-state index contributed by atoms with van der Waals surface area (Å²) in [6, 6.07) is 15.5. The minimum atomic E-state index is 0.202. The van der Waals surface area contributed by atoms with Crippen molar-refractivity contribution in [1.29, 1.82) is 0 Å². The summed E-state index contributed by atoms with van der Waals surface area (Å²) in [5.74, 6) is 0. The van der Waals surface area contributed by atoms with Crippen molar-refractivity contribution >= 4 is 21.5 Å². The second-order valence-electron chi connectivity index (χ2n) is 6.26. The highest BCUT2D eigenvalue weighted by atomic mass is 79.9. The topological polar surface area (TPSA) is 0 Å². The number of benzene rings is 2. The van der Waals surface area contributed by atoms with Crippen molar-refractivity contribution in [3.63, 3.8) is 0 Å². The molecule has 0 aliphatic heterocycles. The van der Waals surface area contributed by atoms with E-state index in [1.165, 1.54) is 27.8 Å². The van der Waals surface area contributed by atoms with Gasteiger partial charge in [-0.05, 0) is 53.2 Å². The Morgan fingerprint density at radius 1 is 1.00 bits per heavy atom. The van der Waals surface area contributed by atoms with E-state index in [1.807, 2.05) is 0 Å². The van der Waals surface area contributed by atoms with Gasteiger partial charge in [0.25, 0.3) is 0 Å². The normalized spacial score (nSPS) is 16.5. The van der Waals surface area contributed by atoms with Crippen LogP contribution in [0.1, 0.15) is 42.5 Å². The van der Waals surface area contributed by atoms with Crippen LogP contribution in [-0.4, -0.2) is 0 Å². The number of aryl methyl sites for hydroxylation is 1. The Labute approximate surface area is 129 Å². The summed E-state index contributed by atoms with van der Waals surface area (Å²) in [4.78, 5) is 0. The van der Waals surface area contributed by atoms with Gasteiger partial charge in [0.1, 0.15) is 0 Å². The molecule has 0 saturated carbocycles. The zero-order valence-corrected chi connectivity index (χ0v) is 13.8. The Kier molecular flexibility index (Phi) is 3.33. The van der Waals surface area contributed by atoms with Crippen molar-refractivity contribution in [2.45, 2.75) is 32.6 Å². The summed E-state index contributed by atoms with van der Waals surface area (Å²) in [6.45, 7) is 6.77. The van der Waals surface area contributed by atoms with Gasteiger partial charge in [0.15, 0.2) is 0 Å². The fourth-order valence-corrected chi connectivity index (χ4v) is 3.26. The smallest absolute Gasteiger partial charge is 0.0178 e. The lowest BCUT2D eigenvalue weighted by Crippen LogP contribution is -2.21. The van der Waals surface area contributed by atoms with Gasteiger partial charge in [0, 0.05) is 4.47 Å². The van der Waals surface area contributed by atoms with Crippen LogP contribution in [0.15, 0.2) is 53.0 Å². The third kappa shape index (κ3) is 2.35. The molecule has 0 heterocycles. The first-order valence-electron chi connectivity index (χ1n) is 7.05. The van der Waals surface area contributed by atoms with Crippen LogP contribution in [0.3, 0.4) is 0 Å². The Balaban J connectivity index is 2.16. The highest BCUT2D eigenvalue weighted by Crippen LogP contribution is 2.42. The molecule has 2 aromatic carbocycles. The predicted octanol–water partition coefficient (Wildman–Crippen LogP) is 5.87. The monoisotopic (exact) mass is 326 g/mol. The van der Waals surface area contributed by atoms with Crippen LogP contribution in [0.5, 0.6) is 0 Å². The van der Waals surface area contributed by atoms with Gasteiger partial charge in [-0.25, -0.2) is 0 Å². The standard InChI is InChI=1S/C19H19Br/c1-13-4-6-14(7-5-13)16-10-11-19(2,3)18-12-15(20)8-9-17(16)18/h4-10,12H,11H2,1-3H3. The van der Waals surface area contributed by atoms with Crippen LogP contribution in [0.25, 0.3) is 5.57 Å². The first-order valence-corrected chi connectivity index (χ1v) is 7.84. The molecule has 0 bridgehead atoms. The molecule has 0 N–H and O–H groups in total. The van der Waals surface area contributed by atoms with Crippen molar-refractivity contribution in [3.05, 3.63) is 75.3 Å². The molecule has 1 aliphatic carbocycles. The van der Waals surface area contributed by atoms with Crippen molar-refractivity contribution < 1.29 is 0 Å². The van der Waals surface area contributed by atoms with E-state index in [0.717, 1.165) is 10.9 Å². The summed E-state index contributed by atoms with van der Waals surface area (Å²) < 4.78 is 1.16. The molecule has 1 aliphatic rings. The minimum absolute atomic E-state index is 0.202. The van der Waals surface area contributed by atoms with Gasteiger partial charge >= 0.3 is 0 Å². The molecular formula is C19H19Br. The molecule has 0 saturated heterocycles. The molecule has 0 atom stereocenters. The van der Waals surface area contributed by atoms with Crippen molar-refractivity contribution in [2.75, 3.05) is 0 Å². The van der Waals surface area contributed by atoms with Crippen LogP contribution in [-0.2, 0) is 5.41 Å². The fraction of sp³-hybridized carbons (Fsp3) is 0.263. The number of halogens is 1. The Morgan fingerprint density at radius 3 is 2.40 bits per heavy atom. The molecule has 0 nitrogen and oxygen atoms in total. The largest absolute Gasteiger partial charge is 0.0752 e. The first-order chi connectivity index (χ1) is 9.47. The van der Waals surface area contributed by atoms with Gasteiger partial charge in [-0.2, -0.15) is 0 Å². The zero-order chi connectivity index (χ0) is 14.3. The van der Waals surface area contributed by atoms with Crippen molar-refractivity contribution in [1.82, 2.24) is 0 Å². The second-order valence-corrected chi connectivity index (χ2v) is 7.18. The van der Waals surface area contributed by atoms with Gasteiger partial charge in [0.2, 0.25) is 0 Å².